The third kappa shape index (κ3) is 2.15. The van der Waals surface area contributed by atoms with Crippen molar-refractivity contribution in [1.29, 1.82) is 0 Å². The average molecular weight is 267 g/mol. The Hall–Kier alpha value is -1.96. The fourth-order valence-electron chi connectivity index (χ4n) is 3.01. The summed E-state index contributed by atoms with van der Waals surface area (Å²) in [5.74, 6) is 0. The first-order valence-electron chi connectivity index (χ1n) is 7.53. The molecule has 20 heavy (non-hydrogen) atoms. The van der Waals surface area contributed by atoms with Gasteiger partial charge in [0.2, 0.25) is 0 Å². The highest BCUT2D eigenvalue weighted by molar-refractivity contribution is 6.08. The molecule has 1 aromatic heterocycles. The number of rotatable bonds is 5. The number of aromatic nitrogens is 1. The molecule has 0 aliphatic rings. The van der Waals surface area contributed by atoms with Crippen LogP contribution in [0.3, 0.4) is 0 Å². The van der Waals surface area contributed by atoms with E-state index in [4.69, 9.17) is 0 Å². The molecule has 0 bridgehead atoms. The van der Waals surface area contributed by atoms with Gasteiger partial charge in [-0.3, -0.25) is 0 Å². The third-order valence-electron chi connectivity index (χ3n) is 4.05. The van der Waals surface area contributed by atoms with Crippen molar-refractivity contribution in [3.8, 4) is 0 Å². The lowest BCUT2D eigenvalue weighted by atomic mass is 10.0. The van der Waals surface area contributed by atoms with Gasteiger partial charge in [-0.1, -0.05) is 62.6 Å². The lowest BCUT2D eigenvalue weighted by molar-refractivity contribution is 0.212. The van der Waals surface area contributed by atoms with Crippen LogP contribution in [0.5, 0.6) is 0 Å². The summed E-state index contributed by atoms with van der Waals surface area (Å²) in [5.41, 5.74) is 3.12. The number of hydrogen-bond acceptors (Lipinski definition) is 1. The van der Waals surface area contributed by atoms with Crippen molar-refractivity contribution in [3.05, 3.63) is 48.0 Å². The Morgan fingerprint density at radius 3 is 2.55 bits per heavy atom. The zero-order chi connectivity index (χ0) is 13.9. The molecule has 1 heterocycles. The zero-order valence-electron chi connectivity index (χ0n) is 12.0. The molecule has 0 saturated heterocycles. The first kappa shape index (κ1) is 13.0. The van der Waals surface area contributed by atoms with E-state index in [9.17, 15) is 5.21 Å². The Bertz CT molecular complexity index is 727. The maximum atomic E-state index is 10.5. The van der Waals surface area contributed by atoms with Gasteiger partial charge >= 0.3 is 0 Å². The van der Waals surface area contributed by atoms with Crippen LogP contribution in [0.2, 0.25) is 0 Å². The van der Waals surface area contributed by atoms with Crippen molar-refractivity contribution in [3.63, 3.8) is 0 Å². The van der Waals surface area contributed by atoms with Gasteiger partial charge in [0.1, 0.15) is 0 Å². The van der Waals surface area contributed by atoms with Crippen molar-refractivity contribution in [2.24, 2.45) is 0 Å². The van der Waals surface area contributed by atoms with Gasteiger partial charge in [-0.2, -0.15) is 4.73 Å². The van der Waals surface area contributed by atoms with Gasteiger partial charge in [-0.05, 0) is 24.5 Å². The second kappa shape index (κ2) is 5.58. The van der Waals surface area contributed by atoms with Crippen LogP contribution >= 0.6 is 0 Å². The van der Waals surface area contributed by atoms with E-state index in [2.05, 4.69) is 31.2 Å². The topological polar surface area (TPSA) is 25.2 Å². The van der Waals surface area contributed by atoms with Crippen molar-refractivity contribution in [2.45, 2.75) is 39.0 Å². The molecule has 0 aliphatic carbocycles. The molecule has 3 aromatic rings. The fraction of sp³-hybridized carbons (Fsp3) is 0.333. The summed E-state index contributed by atoms with van der Waals surface area (Å²) < 4.78 is 1.36. The molecule has 0 atom stereocenters. The number of para-hydroxylation sites is 2. The fourth-order valence-corrected chi connectivity index (χ4v) is 3.01. The maximum Gasteiger partial charge on any atom is 0.0910 e. The Balaban J connectivity index is 2.05. The number of nitrogens with zero attached hydrogens (tertiary/aromatic N) is 1. The van der Waals surface area contributed by atoms with Gasteiger partial charge < -0.3 is 5.21 Å². The monoisotopic (exact) mass is 267 g/mol. The summed E-state index contributed by atoms with van der Waals surface area (Å²) in [7, 11) is 0. The number of fused-ring (bicyclic) bond motifs is 3. The van der Waals surface area contributed by atoms with Crippen LogP contribution in [-0.4, -0.2) is 9.94 Å². The molecule has 0 fully saturated rings. The Morgan fingerprint density at radius 2 is 1.70 bits per heavy atom. The third-order valence-corrected chi connectivity index (χ3v) is 4.05. The van der Waals surface area contributed by atoms with Crippen molar-refractivity contribution < 1.29 is 5.21 Å². The predicted octanol–water partition coefficient (Wildman–Crippen LogP) is 5.15. The first-order valence-corrected chi connectivity index (χ1v) is 7.53. The molecular weight excluding hydrogens is 246 g/mol. The van der Waals surface area contributed by atoms with E-state index in [0.717, 1.165) is 28.2 Å². The summed E-state index contributed by atoms with van der Waals surface area (Å²) in [5, 5.41) is 12.7. The largest absolute Gasteiger partial charge is 0.428 e. The molecule has 0 aliphatic heterocycles. The van der Waals surface area contributed by atoms with Gasteiger partial charge in [-0.25, -0.2) is 0 Å². The van der Waals surface area contributed by atoms with E-state index in [1.54, 1.807) is 0 Å². The zero-order valence-corrected chi connectivity index (χ0v) is 12.0. The minimum atomic E-state index is 0.892. The molecule has 104 valence electrons. The highest BCUT2D eigenvalue weighted by Gasteiger charge is 2.12. The quantitative estimate of drug-likeness (QED) is 0.501. The Kier molecular flexibility index (Phi) is 3.64. The highest BCUT2D eigenvalue weighted by Crippen LogP contribution is 2.30. The van der Waals surface area contributed by atoms with Crippen LogP contribution in [0.1, 0.15) is 38.2 Å². The molecule has 1 N–H and O–H groups in total. The van der Waals surface area contributed by atoms with Crippen LogP contribution in [0.25, 0.3) is 21.8 Å². The summed E-state index contributed by atoms with van der Waals surface area (Å²) >= 11 is 0. The van der Waals surface area contributed by atoms with E-state index in [1.165, 1.54) is 36.0 Å². The van der Waals surface area contributed by atoms with Gasteiger partial charge in [0.05, 0.1) is 11.0 Å². The molecule has 0 saturated carbocycles. The van der Waals surface area contributed by atoms with E-state index < -0.39 is 0 Å². The Morgan fingerprint density at radius 1 is 0.900 bits per heavy atom. The van der Waals surface area contributed by atoms with E-state index in [0.29, 0.717) is 0 Å². The van der Waals surface area contributed by atoms with Crippen LogP contribution in [0, 0.1) is 0 Å². The molecule has 0 amide bonds. The lowest BCUT2D eigenvalue weighted by Gasteiger charge is -2.05. The standard InChI is InChI=1S/C18H21NO/c1-2-3-4-5-9-14-10-8-12-16-15-11-6-7-13-17(15)19(20)18(14)16/h6-8,10-13,20H,2-5,9H2,1H3. The van der Waals surface area contributed by atoms with Gasteiger partial charge in [0.15, 0.2) is 0 Å². The van der Waals surface area contributed by atoms with Crippen molar-refractivity contribution >= 4 is 21.8 Å². The SMILES string of the molecule is CCCCCCc1cccc2c3ccccc3n(O)c12. The minimum Gasteiger partial charge on any atom is -0.428 e. The maximum absolute atomic E-state index is 10.5. The van der Waals surface area contributed by atoms with Crippen LogP contribution in [0.4, 0.5) is 0 Å². The van der Waals surface area contributed by atoms with E-state index in [1.807, 2.05) is 18.2 Å². The average Bonchev–Trinajstić information content (AvgIpc) is 2.79. The van der Waals surface area contributed by atoms with Crippen LogP contribution in [-0.2, 0) is 6.42 Å². The summed E-state index contributed by atoms with van der Waals surface area (Å²) in [6.07, 6.45) is 6.03. The van der Waals surface area contributed by atoms with E-state index >= 15 is 0 Å². The molecule has 3 rings (SSSR count). The molecule has 0 unspecified atom stereocenters. The molecular formula is C18H21NO. The summed E-state index contributed by atoms with van der Waals surface area (Å²) in [6, 6.07) is 14.4. The normalized spacial score (nSPS) is 11.4. The number of unbranched alkanes of at least 4 members (excludes halogenated alkanes) is 3. The number of benzene rings is 2. The second-order valence-electron chi connectivity index (χ2n) is 5.45. The van der Waals surface area contributed by atoms with Gasteiger partial charge in [-0.15, -0.1) is 0 Å². The van der Waals surface area contributed by atoms with Crippen molar-refractivity contribution in [2.75, 3.05) is 0 Å². The Labute approximate surface area is 119 Å². The molecule has 2 heteroatoms. The molecule has 0 spiro atoms. The molecule has 0 radical (unpaired) electrons. The van der Waals surface area contributed by atoms with Crippen LogP contribution < -0.4 is 0 Å². The van der Waals surface area contributed by atoms with E-state index in [-0.39, 0.29) is 0 Å². The first-order chi connectivity index (χ1) is 9.83. The van der Waals surface area contributed by atoms with Gasteiger partial charge in [0, 0.05) is 10.8 Å². The number of hydrogen-bond donors (Lipinski definition) is 1. The second-order valence-corrected chi connectivity index (χ2v) is 5.45. The van der Waals surface area contributed by atoms with Gasteiger partial charge in [0.25, 0.3) is 0 Å². The minimum absolute atomic E-state index is 0.892. The predicted molar refractivity (Wildman–Crippen MR) is 84.5 cm³/mol. The summed E-state index contributed by atoms with van der Waals surface area (Å²) in [4.78, 5) is 0. The molecule has 2 aromatic carbocycles. The van der Waals surface area contributed by atoms with Crippen molar-refractivity contribution in [1.82, 2.24) is 4.73 Å². The van der Waals surface area contributed by atoms with Crippen LogP contribution in [0.15, 0.2) is 42.5 Å². The number of aryl methyl sites for hydroxylation is 1. The summed E-state index contributed by atoms with van der Waals surface area (Å²) in [6.45, 7) is 2.23. The lowest BCUT2D eigenvalue weighted by Crippen LogP contribution is -1.94. The molecule has 2 nitrogen and oxygen atoms in total. The highest BCUT2D eigenvalue weighted by atomic mass is 16.5. The smallest absolute Gasteiger partial charge is 0.0910 e.